The zero-order chi connectivity index (χ0) is 21.0. The van der Waals surface area contributed by atoms with Gasteiger partial charge >= 0.3 is 5.97 Å². The second-order valence-corrected chi connectivity index (χ2v) is 6.59. The maximum absolute atomic E-state index is 12.5. The number of rotatable bonds is 7. The van der Waals surface area contributed by atoms with Crippen molar-refractivity contribution in [3.05, 3.63) is 64.3 Å². The van der Waals surface area contributed by atoms with Crippen LogP contribution in [0.5, 0.6) is 11.5 Å². The first kappa shape index (κ1) is 20.4. The minimum atomic E-state index is -0.620. The third kappa shape index (κ3) is 4.57. The molecule has 1 heterocycles. The number of fused-ring (bicyclic) bond motifs is 1. The van der Waals surface area contributed by atoms with E-state index >= 15 is 0 Å². The highest BCUT2D eigenvalue weighted by atomic mass is 35.5. The Morgan fingerprint density at radius 1 is 1.14 bits per heavy atom. The molecule has 1 amide bonds. The summed E-state index contributed by atoms with van der Waals surface area (Å²) in [6.45, 7) is 1.52. The molecule has 0 aliphatic rings. The van der Waals surface area contributed by atoms with Gasteiger partial charge < -0.3 is 19.9 Å². The fourth-order valence-corrected chi connectivity index (χ4v) is 2.99. The summed E-state index contributed by atoms with van der Waals surface area (Å²) in [7, 11) is 1.42. The number of pyridine rings is 1. The van der Waals surface area contributed by atoms with Crippen LogP contribution < -0.4 is 15.2 Å². The fourth-order valence-electron chi connectivity index (χ4n) is 2.79. The molecule has 0 fully saturated rings. The van der Waals surface area contributed by atoms with E-state index in [1.807, 2.05) is 31.2 Å². The number of aryl methyl sites for hydroxylation is 1. The highest BCUT2D eigenvalue weighted by Gasteiger charge is 2.16. The third-order valence-electron chi connectivity index (χ3n) is 4.26. The number of aromatic nitrogens is 1. The summed E-state index contributed by atoms with van der Waals surface area (Å²) in [5.74, 6) is -0.629. The van der Waals surface area contributed by atoms with Crippen LogP contribution in [0.2, 0.25) is 5.02 Å². The monoisotopic (exact) mass is 414 g/mol. The molecular weight excluding hydrogens is 396 g/mol. The van der Waals surface area contributed by atoms with Crippen molar-refractivity contribution in [3.8, 4) is 11.5 Å². The van der Waals surface area contributed by atoms with Crippen LogP contribution in [-0.4, -0.2) is 30.6 Å². The quantitative estimate of drug-likeness (QED) is 0.594. The molecule has 0 saturated heterocycles. The highest BCUT2D eigenvalue weighted by Crippen LogP contribution is 2.29. The Morgan fingerprint density at radius 2 is 1.90 bits per heavy atom. The topological polar surface area (TPSA) is 101 Å². The van der Waals surface area contributed by atoms with E-state index in [0.717, 1.165) is 16.5 Å². The van der Waals surface area contributed by atoms with Gasteiger partial charge in [0.2, 0.25) is 0 Å². The summed E-state index contributed by atoms with van der Waals surface area (Å²) in [5, 5.41) is 1.41. The number of carbonyl (C=O) groups excluding carboxylic acids is 2. The maximum Gasteiger partial charge on any atom is 0.338 e. The van der Waals surface area contributed by atoms with Gasteiger partial charge in [0, 0.05) is 5.39 Å². The van der Waals surface area contributed by atoms with Gasteiger partial charge in [-0.2, -0.15) is 0 Å². The van der Waals surface area contributed by atoms with Crippen molar-refractivity contribution in [2.24, 2.45) is 5.73 Å². The molecular formula is C21H19ClN2O5. The lowest BCUT2D eigenvalue weighted by Crippen LogP contribution is -2.20. The summed E-state index contributed by atoms with van der Waals surface area (Å²) < 4.78 is 15.8. The maximum atomic E-state index is 12.5. The second kappa shape index (κ2) is 8.79. The molecule has 0 spiro atoms. The largest absolute Gasteiger partial charge is 0.493 e. The Morgan fingerprint density at radius 3 is 2.62 bits per heavy atom. The summed E-state index contributed by atoms with van der Waals surface area (Å²) in [6, 6.07) is 12.1. The van der Waals surface area contributed by atoms with Gasteiger partial charge in [0.15, 0.2) is 18.1 Å². The normalized spacial score (nSPS) is 10.6. The van der Waals surface area contributed by atoms with Crippen LogP contribution in [-0.2, 0) is 16.1 Å². The molecule has 0 atom stereocenters. The van der Waals surface area contributed by atoms with Crippen LogP contribution in [0.4, 0.5) is 0 Å². The lowest BCUT2D eigenvalue weighted by molar-refractivity contribution is -0.119. The summed E-state index contributed by atoms with van der Waals surface area (Å²) in [4.78, 5) is 27.8. The summed E-state index contributed by atoms with van der Waals surface area (Å²) >= 11 is 6.40. The smallest absolute Gasteiger partial charge is 0.338 e. The Balaban J connectivity index is 1.76. The number of methoxy groups -OCH3 is 1. The average Bonchev–Trinajstić information content (AvgIpc) is 2.73. The van der Waals surface area contributed by atoms with Gasteiger partial charge in [-0.25, -0.2) is 9.78 Å². The number of primary amides is 1. The number of nitrogens with zero attached hydrogens (tertiary/aromatic N) is 1. The van der Waals surface area contributed by atoms with E-state index in [9.17, 15) is 9.59 Å². The number of nitrogens with two attached hydrogens (primary N) is 1. The number of ether oxygens (including phenoxy) is 3. The van der Waals surface area contributed by atoms with E-state index in [4.69, 9.17) is 31.5 Å². The average molecular weight is 415 g/mol. The molecule has 0 bridgehead atoms. The van der Waals surface area contributed by atoms with Crippen LogP contribution in [0.25, 0.3) is 10.9 Å². The number of esters is 1. The molecule has 29 heavy (non-hydrogen) atoms. The second-order valence-electron chi connectivity index (χ2n) is 6.21. The van der Waals surface area contributed by atoms with Crippen molar-refractivity contribution in [1.29, 1.82) is 0 Å². The Labute approximate surface area is 172 Å². The number of para-hydroxylation sites is 1. The van der Waals surface area contributed by atoms with Gasteiger partial charge in [-0.1, -0.05) is 29.8 Å². The summed E-state index contributed by atoms with van der Waals surface area (Å²) in [6.07, 6.45) is 0. The van der Waals surface area contributed by atoms with Gasteiger partial charge in [0.05, 0.1) is 28.9 Å². The molecule has 1 aromatic heterocycles. The number of hydrogen-bond acceptors (Lipinski definition) is 6. The van der Waals surface area contributed by atoms with Gasteiger partial charge in [0.25, 0.3) is 5.91 Å². The molecule has 2 N–H and O–H groups in total. The molecule has 2 aromatic carbocycles. The zero-order valence-corrected chi connectivity index (χ0v) is 16.7. The van der Waals surface area contributed by atoms with E-state index in [2.05, 4.69) is 4.98 Å². The van der Waals surface area contributed by atoms with Gasteiger partial charge in [-0.05, 0) is 36.8 Å². The minimum absolute atomic E-state index is 0.0778. The van der Waals surface area contributed by atoms with Crippen LogP contribution >= 0.6 is 11.6 Å². The number of carbonyl (C=O) groups is 2. The molecule has 0 radical (unpaired) electrons. The van der Waals surface area contributed by atoms with Crippen LogP contribution in [0.3, 0.4) is 0 Å². The van der Waals surface area contributed by atoms with E-state index in [1.165, 1.54) is 25.3 Å². The predicted octanol–water partition coefficient (Wildman–Crippen LogP) is 3.43. The van der Waals surface area contributed by atoms with Crippen molar-refractivity contribution in [2.45, 2.75) is 13.5 Å². The fraction of sp³-hybridized carbons (Fsp3) is 0.190. The lowest BCUT2D eigenvalue weighted by Gasteiger charge is -2.12. The standard InChI is InChI=1S/C21H19ClN2O5/c1-12-14-5-3-4-6-15(14)24-16(20(12)22)10-29-21(26)13-7-8-17(18(9-13)27-2)28-11-19(23)25/h3-9H,10-11H2,1-2H3,(H2,23,25). The van der Waals surface area contributed by atoms with Crippen LogP contribution in [0, 0.1) is 6.92 Å². The highest BCUT2D eigenvalue weighted by molar-refractivity contribution is 6.32. The van der Waals surface area contributed by atoms with Crippen molar-refractivity contribution in [1.82, 2.24) is 4.98 Å². The molecule has 8 heteroatoms. The van der Waals surface area contributed by atoms with Crippen LogP contribution in [0.1, 0.15) is 21.6 Å². The van der Waals surface area contributed by atoms with Gasteiger partial charge in [0.1, 0.15) is 6.61 Å². The van der Waals surface area contributed by atoms with Crippen LogP contribution in [0.15, 0.2) is 42.5 Å². The summed E-state index contributed by atoms with van der Waals surface area (Å²) in [5.41, 5.74) is 7.45. The first-order valence-electron chi connectivity index (χ1n) is 8.70. The van der Waals surface area contributed by atoms with E-state index in [1.54, 1.807) is 0 Å². The number of benzene rings is 2. The first-order chi connectivity index (χ1) is 13.9. The third-order valence-corrected chi connectivity index (χ3v) is 4.76. The van der Waals surface area contributed by atoms with Gasteiger partial charge in [-0.15, -0.1) is 0 Å². The molecule has 0 unspecified atom stereocenters. The number of halogens is 1. The SMILES string of the molecule is COc1cc(C(=O)OCc2nc3ccccc3c(C)c2Cl)ccc1OCC(N)=O. The Bertz CT molecular complexity index is 1080. The Hall–Kier alpha value is -3.32. The van der Waals surface area contributed by atoms with Gasteiger partial charge in [-0.3, -0.25) is 4.79 Å². The molecule has 3 rings (SSSR count). The zero-order valence-electron chi connectivity index (χ0n) is 15.9. The Kier molecular flexibility index (Phi) is 6.19. The molecule has 0 aliphatic carbocycles. The molecule has 3 aromatic rings. The molecule has 7 nitrogen and oxygen atoms in total. The lowest BCUT2D eigenvalue weighted by atomic mass is 10.1. The number of hydrogen-bond donors (Lipinski definition) is 1. The van der Waals surface area contributed by atoms with Crippen molar-refractivity contribution < 1.29 is 23.8 Å². The van der Waals surface area contributed by atoms with E-state index < -0.39 is 11.9 Å². The van der Waals surface area contributed by atoms with Crippen molar-refractivity contribution >= 4 is 34.4 Å². The molecule has 0 saturated carbocycles. The predicted molar refractivity (Wildman–Crippen MR) is 108 cm³/mol. The minimum Gasteiger partial charge on any atom is -0.493 e. The van der Waals surface area contributed by atoms with E-state index in [0.29, 0.717) is 10.7 Å². The molecule has 0 aliphatic heterocycles. The number of amides is 1. The molecule has 150 valence electrons. The first-order valence-corrected chi connectivity index (χ1v) is 9.08. The van der Waals surface area contributed by atoms with E-state index in [-0.39, 0.29) is 30.3 Å². The van der Waals surface area contributed by atoms with Crippen molar-refractivity contribution in [2.75, 3.05) is 13.7 Å². The van der Waals surface area contributed by atoms with Crippen molar-refractivity contribution in [3.63, 3.8) is 0 Å².